The Morgan fingerprint density at radius 3 is 2.74 bits per heavy atom. The average molecular weight is 320 g/mol. The molecule has 1 aromatic rings. The van der Waals surface area contributed by atoms with Gasteiger partial charge in [0.2, 0.25) is 0 Å². The predicted octanol–water partition coefficient (Wildman–Crippen LogP) is 1.85. The molecule has 23 heavy (non-hydrogen) atoms. The lowest BCUT2D eigenvalue weighted by Gasteiger charge is -2.36. The van der Waals surface area contributed by atoms with Gasteiger partial charge in [0.25, 0.3) is 5.91 Å². The van der Waals surface area contributed by atoms with Crippen molar-refractivity contribution in [2.45, 2.75) is 26.8 Å². The molecule has 2 rings (SSSR count). The first kappa shape index (κ1) is 17.8. The summed E-state index contributed by atoms with van der Waals surface area (Å²) in [4.78, 5) is 14.4. The van der Waals surface area contributed by atoms with Crippen LogP contribution in [0.25, 0.3) is 0 Å². The van der Waals surface area contributed by atoms with E-state index in [1.807, 2.05) is 31.2 Å². The number of ether oxygens (including phenoxy) is 2. The first-order valence-electron chi connectivity index (χ1n) is 8.34. The topological polar surface area (TPSA) is 50.8 Å². The zero-order valence-electron chi connectivity index (χ0n) is 14.4. The molecule has 1 heterocycles. The van der Waals surface area contributed by atoms with Crippen molar-refractivity contribution in [3.8, 4) is 5.75 Å². The number of morpholine rings is 1. The molecular formula is C18H28N2O3. The van der Waals surface area contributed by atoms with E-state index in [4.69, 9.17) is 9.47 Å². The monoisotopic (exact) mass is 320 g/mol. The Bertz CT molecular complexity index is 499. The summed E-state index contributed by atoms with van der Waals surface area (Å²) in [6.45, 7) is 10.5. The van der Waals surface area contributed by atoms with E-state index in [2.05, 4.69) is 24.1 Å². The van der Waals surface area contributed by atoms with E-state index in [9.17, 15) is 4.79 Å². The molecule has 1 N–H and O–H groups in total. The third kappa shape index (κ3) is 5.84. The van der Waals surface area contributed by atoms with Crippen LogP contribution in [0.15, 0.2) is 24.3 Å². The van der Waals surface area contributed by atoms with Crippen molar-refractivity contribution in [2.24, 2.45) is 5.92 Å². The largest absolute Gasteiger partial charge is 0.484 e. The van der Waals surface area contributed by atoms with Crippen LogP contribution in [0.1, 0.15) is 19.4 Å². The van der Waals surface area contributed by atoms with Crippen LogP contribution in [0.3, 0.4) is 0 Å². The summed E-state index contributed by atoms with van der Waals surface area (Å²) in [5.41, 5.74) is 1.12. The minimum atomic E-state index is -0.0783. The minimum Gasteiger partial charge on any atom is -0.484 e. The van der Waals surface area contributed by atoms with Crippen LogP contribution in [-0.2, 0) is 9.53 Å². The van der Waals surface area contributed by atoms with Gasteiger partial charge in [-0.15, -0.1) is 0 Å². The van der Waals surface area contributed by atoms with Crippen LogP contribution in [-0.4, -0.2) is 56.3 Å². The number of nitrogens with zero attached hydrogens (tertiary/aromatic N) is 1. The fourth-order valence-electron chi connectivity index (χ4n) is 2.82. The highest BCUT2D eigenvalue weighted by Gasteiger charge is 2.24. The molecule has 5 heteroatoms. The maximum atomic E-state index is 12.0. The SMILES string of the molecule is Cc1cccc(OCC(=O)NCC(C(C)C)N2CCOCC2)c1. The molecule has 1 unspecified atom stereocenters. The third-order valence-corrected chi connectivity index (χ3v) is 4.15. The molecule has 1 aliphatic rings. The van der Waals surface area contributed by atoms with Crippen molar-refractivity contribution in [1.29, 1.82) is 0 Å². The molecule has 0 aliphatic carbocycles. The number of aryl methyl sites for hydroxylation is 1. The van der Waals surface area contributed by atoms with Gasteiger partial charge in [-0.1, -0.05) is 26.0 Å². The van der Waals surface area contributed by atoms with Gasteiger partial charge >= 0.3 is 0 Å². The number of nitrogens with one attached hydrogen (secondary N) is 1. The van der Waals surface area contributed by atoms with Crippen molar-refractivity contribution in [1.82, 2.24) is 10.2 Å². The summed E-state index contributed by atoms with van der Waals surface area (Å²) in [5.74, 6) is 1.13. The highest BCUT2D eigenvalue weighted by atomic mass is 16.5. The van der Waals surface area contributed by atoms with E-state index < -0.39 is 0 Å². The highest BCUT2D eigenvalue weighted by molar-refractivity contribution is 5.77. The van der Waals surface area contributed by atoms with Gasteiger partial charge in [-0.2, -0.15) is 0 Å². The minimum absolute atomic E-state index is 0.0530. The van der Waals surface area contributed by atoms with Crippen LogP contribution < -0.4 is 10.1 Å². The molecule has 0 saturated carbocycles. The second-order valence-electron chi connectivity index (χ2n) is 6.37. The molecule has 0 radical (unpaired) electrons. The molecule has 5 nitrogen and oxygen atoms in total. The summed E-state index contributed by atoms with van der Waals surface area (Å²) >= 11 is 0. The number of carbonyl (C=O) groups excluding carboxylic acids is 1. The summed E-state index contributed by atoms with van der Waals surface area (Å²) in [6, 6.07) is 8.06. The molecule has 0 aromatic heterocycles. The molecule has 1 aromatic carbocycles. The Labute approximate surface area is 139 Å². The van der Waals surface area contributed by atoms with E-state index >= 15 is 0 Å². The zero-order chi connectivity index (χ0) is 16.7. The van der Waals surface area contributed by atoms with Gasteiger partial charge in [0.05, 0.1) is 13.2 Å². The van der Waals surface area contributed by atoms with E-state index in [0.29, 0.717) is 18.5 Å². The van der Waals surface area contributed by atoms with Crippen LogP contribution in [0.2, 0.25) is 0 Å². The van der Waals surface area contributed by atoms with Crippen LogP contribution >= 0.6 is 0 Å². The van der Waals surface area contributed by atoms with Crippen molar-refractivity contribution < 1.29 is 14.3 Å². The Morgan fingerprint density at radius 1 is 1.35 bits per heavy atom. The maximum absolute atomic E-state index is 12.0. The molecule has 1 aliphatic heterocycles. The van der Waals surface area contributed by atoms with Gasteiger partial charge in [0.15, 0.2) is 6.61 Å². The number of hydrogen-bond acceptors (Lipinski definition) is 4. The van der Waals surface area contributed by atoms with E-state index in [0.717, 1.165) is 37.6 Å². The molecule has 128 valence electrons. The van der Waals surface area contributed by atoms with Gasteiger partial charge in [-0.25, -0.2) is 0 Å². The van der Waals surface area contributed by atoms with Crippen LogP contribution in [0.4, 0.5) is 0 Å². The number of benzene rings is 1. The van der Waals surface area contributed by atoms with Crippen molar-refractivity contribution in [3.05, 3.63) is 29.8 Å². The van der Waals surface area contributed by atoms with Gasteiger partial charge in [0.1, 0.15) is 5.75 Å². The normalized spacial score (nSPS) is 17.0. The highest BCUT2D eigenvalue weighted by Crippen LogP contribution is 2.13. The quantitative estimate of drug-likeness (QED) is 0.833. The van der Waals surface area contributed by atoms with Crippen molar-refractivity contribution >= 4 is 5.91 Å². The Hall–Kier alpha value is -1.59. The second-order valence-corrected chi connectivity index (χ2v) is 6.37. The van der Waals surface area contributed by atoms with Crippen LogP contribution in [0.5, 0.6) is 5.75 Å². The fraction of sp³-hybridized carbons (Fsp3) is 0.611. The second kappa shape index (κ2) is 8.89. The van der Waals surface area contributed by atoms with Crippen molar-refractivity contribution in [2.75, 3.05) is 39.5 Å². The molecule has 0 bridgehead atoms. The number of rotatable bonds is 7. The lowest BCUT2D eigenvalue weighted by molar-refractivity contribution is -0.123. The lowest BCUT2D eigenvalue weighted by Crippen LogP contribution is -2.51. The van der Waals surface area contributed by atoms with Gasteiger partial charge in [0, 0.05) is 25.7 Å². The van der Waals surface area contributed by atoms with Gasteiger partial charge in [-0.3, -0.25) is 9.69 Å². The van der Waals surface area contributed by atoms with Crippen molar-refractivity contribution in [3.63, 3.8) is 0 Å². The standard InChI is InChI=1S/C18H28N2O3/c1-14(2)17(20-7-9-22-10-8-20)12-19-18(21)13-23-16-6-4-5-15(3)11-16/h4-6,11,14,17H,7-10,12-13H2,1-3H3,(H,19,21). The molecule has 1 amide bonds. The number of amides is 1. The number of hydrogen-bond donors (Lipinski definition) is 1. The van der Waals surface area contributed by atoms with E-state index in [1.165, 1.54) is 0 Å². The molecule has 0 spiro atoms. The smallest absolute Gasteiger partial charge is 0.257 e. The van der Waals surface area contributed by atoms with Crippen LogP contribution in [0, 0.1) is 12.8 Å². The Balaban J connectivity index is 1.77. The average Bonchev–Trinajstić information content (AvgIpc) is 2.54. The third-order valence-electron chi connectivity index (χ3n) is 4.15. The first-order valence-corrected chi connectivity index (χ1v) is 8.34. The molecule has 1 atom stereocenters. The summed E-state index contributed by atoms with van der Waals surface area (Å²) in [5, 5.41) is 3.00. The maximum Gasteiger partial charge on any atom is 0.257 e. The van der Waals surface area contributed by atoms with E-state index in [1.54, 1.807) is 0 Å². The first-order chi connectivity index (χ1) is 11.1. The Kier molecular flexibility index (Phi) is 6.86. The van der Waals surface area contributed by atoms with Gasteiger partial charge < -0.3 is 14.8 Å². The Morgan fingerprint density at radius 2 is 2.09 bits per heavy atom. The molecular weight excluding hydrogens is 292 g/mol. The zero-order valence-corrected chi connectivity index (χ0v) is 14.4. The number of carbonyl (C=O) groups is 1. The van der Waals surface area contributed by atoms with Gasteiger partial charge in [-0.05, 0) is 30.5 Å². The summed E-state index contributed by atoms with van der Waals surface area (Å²) in [7, 11) is 0. The lowest BCUT2D eigenvalue weighted by atomic mass is 10.0. The molecule has 1 fully saturated rings. The predicted molar refractivity (Wildman–Crippen MR) is 90.7 cm³/mol. The fourth-order valence-corrected chi connectivity index (χ4v) is 2.82. The molecule has 1 saturated heterocycles. The summed E-state index contributed by atoms with van der Waals surface area (Å²) < 4.78 is 10.9. The van der Waals surface area contributed by atoms with E-state index in [-0.39, 0.29) is 12.5 Å². The summed E-state index contributed by atoms with van der Waals surface area (Å²) in [6.07, 6.45) is 0.